The van der Waals surface area contributed by atoms with E-state index in [0.29, 0.717) is 36.0 Å². The standard InChI is InChI=1S/C38H52N6O8S2/c1-4-26(2)35(44-19-18-42(38(44)49)23-29-25-53-34(40-29)21-39-37(47)48)36(46)41-32(20-27-10-6-5-7-11-27)33(45)24-43(22-28-12-8-9-13-28)54(50,51)31-16-14-30(52-3)15-17-31/h5-7,10-11,14-17,25-26,28,32-33,35,39,45H,4,8-9,12-13,18-24H2,1-3H3,(H,41,46)(H,47,48)/t26-,32-,33-,35-/m0/s1. The van der Waals surface area contributed by atoms with Crippen LogP contribution in [-0.4, -0.2) is 107 Å². The van der Waals surface area contributed by atoms with Crippen LogP contribution in [0.4, 0.5) is 9.59 Å². The average molecular weight is 785 g/mol. The molecule has 1 saturated heterocycles. The molecule has 1 aliphatic heterocycles. The second kappa shape index (κ2) is 18.9. The summed E-state index contributed by atoms with van der Waals surface area (Å²) in [6.45, 7) is 4.84. The summed E-state index contributed by atoms with van der Waals surface area (Å²) in [7, 11) is -2.51. The number of carboxylic acid groups (broad SMARTS) is 1. The summed E-state index contributed by atoms with van der Waals surface area (Å²) in [6, 6.07) is 13.6. The molecule has 3 aromatic rings. The van der Waals surface area contributed by atoms with E-state index in [1.165, 1.54) is 34.9 Å². The number of nitrogens with one attached hydrogen (secondary N) is 2. The van der Waals surface area contributed by atoms with Gasteiger partial charge in [0.15, 0.2) is 0 Å². The van der Waals surface area contributed by atoms with Gasteiger partial charge in [0, 0.05) is 31.6 Å². The summed E-state index contributed by atoms with van der Waals surface area (Å²) < 4.78 is 34.9. The van der Waals surface area contributed by atoms with Gasteiger partial charge in [-0.3, -0.25) is 4.79 Å². The van der Waals surface area contributed by atoms with Crippen LogP contribution in [0, 0.1) is 11.8 Å². The normalized spacial score (nSPS) is 17.4. The van der Waals surface area contributed by atoms with Crippen LogP contribution >= 0.6 is 11.3 Å². The molecule has 1 aromatic heterocycles. The largest absolute Gasteiger partial charge is 0.497 e. The molecule has 54 heavy (non-hydrogen) atoms. The SMILES string of the molecule is CC[C@H](C)[C@@H](C(=O)N[C@@H](Cc1ccccc1)[C@@H](O)CN(CC1CCCC1)S(=O)(=O)c1ccc(OC)cc1)N1CCN(Cc2csc(CNC(=O)O)n2)C1=O. The van der Waals surface area contributed by atoms with E-state index in [-0.39, 0.29) is 55.4 Å². The van der Waals surface area contributed by atoms with E-state index in [9.17, 15) is 27.9 Å². The van der Waals surface area contributed by atoms with Crippen LogP contribution in [0.5, 0.6) is 5.75 Å². The highest BCUT2D eigenvalue weighted by Gasteiger charge is 2.41. The van der Waals surface area contributed by atoms with Gasteiger partial charge in [-0.25, -0.2) is 23.0 Å². The van der Waals surface area contributed by atoms with Crippen molar-refractivity contribution in [2.45, 2.75) is 88.5 Å². The van der Waals surface area contributed by atoms with Crippen molar-refractivity contribution in [3.63, 3.8) is 0 Å². The molecule has 5 rings (SSSR count). The van der Waals surface area contributed by atoms with E-state index in [0.717, 1.165) is 31.2 Å². The molecule has 2 heterocycles. The Morgan fingerprint density at radius 1 is 1.09 bits per heavy atom. The third kappa shape index (κ3) is 10.5. The van der Waals surface area contributed by atoms with Crippen molar-refractivity contribution in [1.82, 2.24) is 29.7 Å². The number of amides is 4. The van der Waals surface area contributed by atoms with Crippen LogP contribution in [0.1, 0.15) is 62.2 Å². The van der Waals surface area contributed by atoms with E-state index >= 15 is 0 Å². The average Bonchev–Trinajstić information content (AvgIpc) is 3.93. The van der Waals surface area contributed by atoms with E-state index in [1.807, 2.05) is 44.2 Å². The third-order valence-corrected chi connectivity index (χ3v) is 13.1. The molecule has 0 unspecified atom stereocenters. The first-order valence-corrected chi connectivity index (χ1v) is 20.8. The lowest BCUT2D eigenvalue weighted by molar-refractivity contribution is -0.128. The highest BCUT2D eigenvalue weighted by molar-refractivity contribution is 7.89. The van der Waals surface area contributed by atoms with Gasteiger partial charge in [-0.2, -0.15) is 4.31 Å². The van der Waals surface area contributed by atoms with Crippen molar-refractivity contribution >= 4 is 39.4 Å². The van der Waals surface area contributed by atoms with Gasteiger partial charge in [-0.15, -0.1) is 11.3 Å². The number of carbonyl (C=O) groups is 3. The van der Waals surface area contributed by atoms with Crippen molar-refractivity contribution in [3.8, 4) is 5.75 Å². The number of urea groups is 1. The number of aromatic nitrogens is 1. The van der Waals surface area contributed by atoms with Crippen molar-refractivity contribution < 1.29 is 37.8 Å². The van der Waals surface area contributed by atoms with E-state index in [2.05, 4.69) is 15.6 Å². The summed E-state index contributed by atoms with van der Waals surface area (Å²) in [5.74, 6) is 0.0325. The first-order chi connectivity index (χ1) is 25.9. The van der Waals surface area contributed by atoms with E-state index in [4.69, 9.17) is 9.84 Å². The second-order valence-corrected chi connectivity index (χ2v) is 17.0. The van der Waals surface area contributed by atoms with Gasteiger partial charge in [0.25, 0.3) is 0 Å². The molecule has 4 amide bonds. The topological polar surface area (TPSA) is 182 Å². The fourth-order valence-electron chi connectivity index (χ4n) is 7.19. The molecule has 1 saturated carbocycles. The Bertz CT molecular complexity index is 1800. The molecular weight excluding hydrogens is 733 g/mol. The summed E-state index contributed by atoms with van der Waals surface area (Å²) >= 11 is 1.30. The van der Waals surface area contributed by atoms with Gasteiger partial charge in [0.05, 0.1) is 42.9 Å². The van der Waals surface area contributed by atoms with Gasteiger partial charge >= 0.3 is 12.1 Å². The molecule has 2 aromatic carbocycles. The van der Waals surface area contributed by atoms with Crippen molar-refractivity contribution in [1.29, 1.82) is 0 Å². The second-order valence-electron chi connectivity index (χ2n) is 14.1. The molecule has 4 atom stereocenters. The third-order valence-electron chi connectivity index (χ3n) is 10.4. The Balaban J connectivity index is 1.36. The molecule has 4 N–H and O–H groups in total. The number of hydrogen-bond donors (Lipinski definition) is 4. The Hall–Kier alpha value is -4.25. The Morgan fingerprint density at radius 3 is 2.44 bits per heavy atom. The van der Waals surface area contributed by atoms with Crippen molar-refractivity contribution in [2.75, 3.05) is 33.3 Å². The molecule has 1 aliphatic carbocycles. The summed E-state index contributed by atoms with van der Waals surface area (Å²) in [5.41, 5.74) is 1.48. The van der Waals surface area contributed by atoms with Gasteiger partial charge in [-0.1, -0.05) is 63.4 Å². The molecule has 0 spiro atoms. The number of nitrogens with zero attached hydrogens (tertiary/aromatic N) is 4. The van der Waals surface area contributed by atoms with E-state index in [1.54, 1.807) is 27.3 Å². The number of ether oxygens (including phenoxy) is 1. The number of methoxy groups -OCH3 is 1. The van der Waals surface area contributed by atoms with Gasteiger partial charge in [0.2, 0.25) is 15.9 Å². The minimum Gasteiger partial charge on any atom is -0.497 e. The number of hydrogen-bond acceptors (Lipinski definition) is 9. The maximum Gasteiger partial charge on any atom is 0.405 e. The minimum absolute atomic E-state index is 0.0675. The van der Waals surface area contributed by atoms with Crippen LogP contribution in [-0.2, 0) is 34.3 Å². The van der Waals surface area contributed by atoms with Crippen LogP contribution in [0.3, 0.4) is 0 Å². The molecule has 0 radical (unpaired) electrons. The number of carbonyl (C=O) groups excluding carboxylic acids is 2. The van der Waals surface area contributed by atoms with Gasteiger partial charge < -0.3 is 35.4 Å². The minimum atomic E-state index is -4.02. The fourth-order valence-corrected chi connectivity index (χ4v) is 9.45. The predicted molar refractivity (Wildman–Crippen MR) is 205 cm³/mol. The first kappa shape index (κ1) is 40.9. The molecule has 294 valence electrons. The van der Waals surface area contributed by atoms with Crippen LogP contribution in [0.15, 0.2) is 64.9 Å². The van der Waals surface area contributed by atoms with Crippen LogP contribution in [0.25, 0.3) is 0 Å². The van der Waals surface area contributed by atoms with Crippen LogP contribution in [0.2, 0.25) is 0 Å². The highest BCUT2D eigenvalue weighted by Crippen LogP contribution is 2.29. The molecular formula is C38H52N6O8S2. The predicted octanol–water partition coefficient (Wildman–Crippen LogP) is 4.54. The Morgan fingerprint density at radius 2 is 1.80 bits per heavy atom. The quantitative estimate of drug-likeness (QED) is 0.136. The molecule has 14 nitrogen and oxygen atoms in total. The molecule has 16 heteroatoms. The number of benzene rings is 2. The maximum atomic E-state index is 14.4. The maximum absolute atomic E-state index is 14.4. The lowest BCUT2D eigenvalue weighted by Gasteiger charge is -2.35. The van der Waals surface area contributed by atoms with Crippen molar-refractivity contribution in [3.05, 3.63) is 76.2 Å². The summed E-state index contributed by atoms with van der Waals surface area (Å²) in [4.78, 5) is 46.8. The zero-order valence-corrected chi connectivity index (χ0v) is 32.7. The highest BCUT2D eigenvalue weighted by atomic mass is 32.2. The van der Waals surface area contributed by atoms with Gasteiger partial charge in [0.1, 0.15) is 16.8 Å². The molecule has 2 fully saturated rings. The monoisotopic (exact) mass is 784 g/mol. The number of thiazole rings is 1. The number of aliphatic hydroxyl groups is 1. The van der Waals surface area contributed by atoms with Crippen molar-refractivity contribution in [2.24, 2.45) is 11.8 Å². The Kier molecular flexibility index (Phi) is 14.3. The lowest BCUT2D eigenvalue weighted by atomic mass is 9.95. The summed E-state index contributed by atoms with van der Waals surface area (Å²) in [6.07, 6.45) is 2.27. The summed E-state index contributed by atoms with van der Waals surface area (Å²) in [5, 5.41) is 28.6. The molecule has 2 aliphatic rings. The zero-order chi connectivity index (χ0) is 38.8. The smallest absolute Gasteiger partial charge is 0.405 e. The first-order valence-electron chi connectivity index (χ1n) is 18.5. The lowest BCUT2D eigenvalue weighted by Crippen LogP contribution is -2.57. The molecule has 0 bridgehead atoms. The van der Waals surface area contributed by atoms with Gasteiger partial charge in [-0.05, 0) is 60.9 Å². The number of rotatable bonds is 19. The Labute approximate surface area is 321 Å². The number of aliphatic hydroxyl groups excluding tert-OH is 1. The van der Waals surface area contributed by atoms with E-state index < -0.39 is 40.2 Å². The zero-order valence-electron chi connectivity index (χ0n) is 31.1. The number of sulfonamides is 1. The fraction of sp³-hybridized carbons (Fsp3) is 0.526. The van der Waals surface area contributed by atoms with Crippen LogP contribution < -0.4 is 15.4 Å².